The van der Waals surface area contributed by atoms with E-state index in [1.54, 1.807) is 24.4 Å². The van der Waals surface area contributed by atoms with Gasteiger partial charge in [0, 0.05) is 10.9 Å². The largest absolute Gasteiger partial charge is 0.494 e. The summed E-state index contributed by atoms with van der Waals surface area (Å²) in [6, 6.07) is 14.6. The fourth-order valence-corrected chi connectivity index (χ4v) is 2.12. The van der Waals surface area contributed by atoms with E-state index >= 15 is 0 Å². The lowest BCUT2D eigenvalue weighted by Crippen LogP contribution is -2.00. The summed E-state index contributed by atoms with van der Waals surface area (Å²) in [5.41, 5.74) is 1.35. The van der Waals surface area contributed by atoms with Crippen molar-refractivity contribution < 1.29 is 13.9 Å². The highest BCUT2D eigenvalue weighted by Crippen LogP contribution is 2.23. The van der Waals surface area contributed by atoms with E-state index in [-0.39, 0.29) is 12.4 Å². The molecule has 0 N–H and O–H groups in total. The topological polar surface area (TPSA) is 31.4 Å². The lowest BCUT2D eigenvalue weighted by Gasteiger charge is -2.09. The first-order chi connectivity index (χ1) is 10.3. The Morgan fingerprint density at radius 2 is 1.95 bits per heavy atom. The second kappa shape index (κ2) is 5.79. The summed E-state index contributed by atoms with van der Waals surface area (Å²) in [5, 5.41) is 0.987. The molecule has 0 aliphatic rings. The monoisotopic (exact) mass is 283 g/mol. The fourth-order valence-electron chi connectivity index (χ4n) is 2.12. The predicted octanol–water partition coefficient (Wildman–Crippen LogP) is 3.96. The van der Waals surface area contributed by atoms with E-state index in [4.69, 9.17) is 9.47 Å². The molecule has 2 aromatic carbocycles. The first-order valence-corrected chi connectivity index (χ1v) is 6.57. The van der Waals surface area contributed by atoms with Gasteiger partial charge in [0.25, 0.3) is 0 Å². The van der Waals surface area contributed by atoms with Crippen molar-refractivity contribution in [3.05, 3.63) is 66.1 Å². The van der Waals surface area contributed by atoms with Crippen LogP contribution >= 0.6 is 0 Å². The van der Waals surface area contributed by atoms with Crippen LogP contribution in [0.25, 0.3) is 10.9 Å². The molecule has 0 saturated carbocycles. The van der Waals surface area contributed by atoms with Crippen molar-refractivity contribution in [1.82, 2.24) is 4.98 Å². The van der Waals surface area contributed by atoms with Crippen LogP contribution in [0.2, 0.25) is 0 Å². The van der Waals surface area contributed by atoms with Crippen LogP contribution in [0.4, 0.5) is 4.39 Å². The van der Waals surface area contributed by atoms with E-state index in [9.17, 15) is 4.39 Å². The van der Waals surface area contributed by atoms with Gasteiger partial charge in [-0.25, -0.2) is 4.39 Å². The minimum absolute atomic E-state index is 0.128. The number of fused-ring (bicyclic) bond motifs is 1. The standard InChI is InChI=1S/C17H14FNO2/c1-20-16-8-4-6-13(17(16)18)11-21-14-9-12-5-2-3-7-15(12)19-10-14/h2-10H,11H2,1H3. The number of hydrogen-bond acceptors (Lipinski definition) is 3. The van der Waals surface area contributed by atoms with Crippen molar-refractivity contribution in [2.24, 2.45) is 0 Å². The molecule has 3 rings (SSSR count). The Hall–Kier alpha value is -2.62. The molecule has 0 unspecified atom stereocenters. The number of halogens is 1. The molecule has 1 heterocycles. The van der Waals surface area contributed by atoms with Crippen molar-refractivity contribution in [3.8, 4) is 11.5 Å². The molecule has 0 fully saturated rings. The van der Waals surface area contributed by atoms with Crippen LogP contribution in [0.15, 0.2) is 54.7 Å². The third-order valence-electron chi connectivity index (χ3n) is 3.22. The molecule has 0 bridgehead atoms. The average molecular weight is 283 g/mol. The Morgan fingerprint density at radius 3 is 2.81 bits per heavy atom. The van der Waals surface area contributed by atoms with Crippen molar-refractivity contribution in [2.75, 3.05) is 7.11 Å². The molecular weight excluding hydrogens is 269 g/mol. The lowest BCUT2D eigenvalue weighted by atomic mass is 10.2. The normalized spacial score (nSPS) is 10.6. The second-order valence-electron chi connectivity index (χ2n) is 4.59. The van der Waals surface area contributed by atoms with Crippen molar-refractivity contribution in [3.63, 3.8) is 0 Å². The number of aromatic nitrogens is 1. The van der Waals surface area contributed by atoms with Crippen molar-refractivity contribution in [2.45, 2.75) is 6.61 Å². The Labute approximate surface area is 122 Å². The van der Waals surface area contributed by atoms with Crippen molar-refractivity contribution >= 4 is 10.9 Å². The van der Waals surface area contributed by atoms with Gasteiger partial charge in [-0.15, -0.1) is 0 Å². The minimum Gasteiger partial charge on any atom is -0.494 e. The van der Waals surface area contributed by atoms with Crippen LogP contribution in [0.1, 0.15) is 5.56 Å². The molecule has 106 valence electrons. The van der Waals surface area contributed by atoms with Crippen LogP contribution in [-0.4, -0.2) is 12.1 Å². The van der Waals surface area contributed by atoms with Crippen LogP contribution in [0.3, 0.4) is 0 Å². The van der Waals surface area contributed by atoms with Gasteiger partial charge < -0.3 is 9.47 Å². The molecule has 0 saturated heterocycles. The Balaban J connectivity index is 1.80. The summed E-state index contributed by atoms with van der Waals surface area (Å²) in [6.07, 6.45) is 1.64. The van der Waals surface area contributed by atoms with Crippen LogP contribution in [0, 0.1) is 5.82 Å². The van der Waals surface area contributed by atoms with Gasteiger partial charge in [-0.1, -0.05) is 30.3 Å². The zero-order valence-corrected chi connectivity index (χ0v) is 11.5. The zero-order chi connectivity index (χ0) is 14.7. The van der Waals surface area contributed by atoms with Crippen LogP contribution in [0.5, 0.6) is 11.5 Å². The number of nitrogens with zero attached hydrogens (tertiary/aromatic N) is 1. The smallest absolute Gasteiger partial charge is 0.171 e. The maximum atomic E-state index is 14.0. The molecule has 3 aromatic rings. The average Bonchev–Trinajstić information content (AvgIpc) is 2.54. The number of hydrogen-bond donors (Lipinski definition) is 0. The maximum absolute atomic E-state index is 14.0. The highest BCUT2D eigenvalue weighted by Gasteiger charge is 2.09. The summed E-state index contributed by atoms with van der Waals surface area (Å²) in [5.74, 6) is 0.428. The summed E-state index contributed by atoms with van der Waals surface area (Å²) in [4.78, 5) is 4.31. The molecule has 4 heteroatoms. The Kier molecular flexibility index (Phi) is 3.69. The van der Waals surface area contributed by atoms with E-state index in [1.807, 2.05) is 30.3 Å². The van der Waals surface area contributed by atoms with E-state index in [0.717, 1.165) is 10.9 Å². The predicted molar refractivity (Wildman–Crippen MR) is 79.0 cm³/mol. The molecule has 1 aromatic heterocycles. The van der Waals surface area contributed by atoms with Gasteiger partial charge in [0.1, 0.15) is 12.4 Å². The molecule has 0 aliphatic heterocycles. The lowest BCUT2D eigenvalue weighted by molar-refractivity contribution is 0.295. The van der Waals surface area contributed by atoms with Crippen molar-refractivity contribution in [1.29, 1.82) is 0 Å². The molecular formula is C17H14FNO2. The number of para-hydroxylation sites is 1. The Morgan fingerprint density at radius 1 is 1.10 bits per heavy atom. The third-order valence-corrected chi connectivity index (χ3v) is 3.22. The molecule has 21 heavy (non-hydrogen) atoms. The van der Waals surface area contributed by atoms with Gasteiger partial charge in [0.05, 0.1) is 18.8 Å². The van der Waals surface area contributed by atoms with Gasteiger partial charge in [-0.05, 0) is 18.2 Å². The number of benzene rings is 2. The summed E-state index contributed by atoms with van der Waals surface area (Å²) >= 11 is 0. The maximum Gasteiger partial charge on any atom is 0.171 e. The fraction of sp³-hybridized carbons (Fsp3) is 0.118. The molecule has 3 nitrogen and oxygen atoms in total. The van der Waals surface area contributed by atoms with E-state index in [0.29, 0.717) is 11.3 Å². The zero-order valence-electron chi connectivity index (χ0n) is 11.5. The van der Waals surface area contributed by atoms with E-state index in [1.165, 1.54) is 7.11 Å². The first kappa shape index (κ1) is 13.4. The summed E-state index contributed by atoms with van der Waals surface area (Å²) in [7, 11) is 1.44. The molecule has 0 radical (unpaired) electrons. The number of ether oxygens (including phenoxy) is 2. The van der Waals surface area contributed by atoms with Gasteiger partial charge >= 0.3 is 0 Å². The quantitative estimate of drug-likeness (QED) is 0.726. The van der Waals surface area contributed by atoms with Gasteiger partial charge in [0.2, 0.25) is 0 Å². The number of methoxy groups -OCH3 is 1. The van der Waals surface area contributed by atoms with Gasteiger partial charge in [-0.2, -0.15) is 0 Å². The SMILES string of the molecule is COc1cccc(COc2cnc3ccccc3c2)c1F. The van der Waals surface area contributed by atoms with E-state index < -0.39 is 5.82 Å². The minimum atomic E-state index is -0.395. The van der Waals surface area contributed by atoms with E-state index in [2.05, 4.69) is 4.98 Å². The Bertz CT molecular complexity index is 774. The third kappa shape index (κ3) is 2.79. The van der Waals surface area contributed by atoms with Crippen LogP contribution in [-0.2, 0) is 6.61 Å². The van der Waals surface area contributed by atoms with Gasteiger partial charge in [-0.3, -0.25) is 4.98 Å². The number of rotatable bonds is 4. The second-order valence-corrected chi connectivity index (χ2v) is 4.59. The molecule has 0 amide bonds. The molecule has 0 atom stereocenters. The highest BCUT2D eigenvalue weighted by molar-refractivity contribution is 5.79. The first-order valence-electron chi connectivity index (χ1n) is 6.57. The summed E-state index contributed by atoms with van der Waals surface area (Å²) < 4.78 is 24.6. The van der Waals surface area contributed by atoms with Crippen LogP contribution < -0.4 is 9.47 Å². The molecule has 0 spiro atoms. The highest BCUT2D eigenvalue weighted by atomic mass is 19.1. The number of pyridine rings is 1. The summed E-state index contributed by atoms with van der Waals surface area (Å²) in [6.45, 7) is 0.128. The molecule has 0 aliphatic carbocycles. The van der Waals surface area contributed by atoms with Gasteiger partial charge in [0.15, 0.2) is 11.6 Å².